The lowest BCUT2D eigenvalue weighted by Crippen LogP contribution is -2.43. The zero-order valence-corrected chi connectivity index (χ0v) is 33.7. The molecule has 15 nitrogen and oxygen atoms in total. The number of aliphatic hydroxyl groups excluding tert-OH is 1. The van der Waals surface area contributed by atoms with E-state index in [4.69, 9.17) is 33.5 Å². The maximum atomic E-state index is 13.9. The van der Waals surface area contributed by atoms with Crippen LogP contribution < -0.4 is 15.5 Å². The van der Waals surface area contributed by atoms with Crippen LogP contribution in [0.25, 0.3) is 10.9 Å². The highest BCUT2D eigenvalue weighted by Crippen LogP contribution is 2.28. The van der Waals surface area contributed by atoms with Crippen molar-refractivity contribution in [3.8, 4) is 17.6 Å². The minimum absolute atomic E-state index is 0. The average Bonchev–Trinajstić information content (AvgIpc) is 3.88. The van der Waals surface area contributed by atoms with Crippen LogP contribution >= 0.6 is 12.4 Å². The number of hydrazine groups is 1. The van der Waals surface area contributed by atoms with Crippen LogP contribution in [0.5, 0.6) is 5.75 Å². The number of ether oxygens (including phenoxy) is 6. The molecule has 0 saturated carbocycles. The number of rotatable bonds is 24. The molecular weight excluding hydrogens is 770 g/mol. The summed E-state index contributed by atoms with van der Waals surface area (Å²) in [6, 6.07) is 15.3. The molecule has 4 N–H and O–H groups in total. The molecule has 16 heteroatoms. The van der Waals surface area contributed by atoms with Crippen molar-refractivity contribution in [2.75, 3.05) is 92.4 Å². The van der Waals surface area contributed by atoms with E-state index < -0.39 is 0 Å². The zero-order valence-electron chi connectivity index (χ0n) is 32.9. The van der Waals surface area contributed by atoms with E-state index in [1.54, 1.807) is 60.6 Å². The average molecular weight is 822 g/mol. The van der Waals surface area contributed by atoms with Crippen LogP contribution in [0, 0.1) is 18.8 Å². The summed E-state index contributed by atoms with van der Waals surface area (Å²) >= 11 is 0. The minimum atomic E-state index is -0.316. The third-order valence-corrected chi connectivity index (χ3v) is 9.02. The molecule has 2 amide bonds. The first-order valence-electron chi connectivity index (χ1n) is 19.0. The van der Waals surface area contributed by atoms with Crippen molar-refractivity contribution in [1.29, 1.82) is 0 Å². The third-order valence-electron chi connectivity index (χ3n) is 9.02. The molecule has 0 bridgehead atoms. The molecule has 4 aromatic rings. The number of aromatic nitrogens is 2. The summed E-state index contributed by atoms with van der Waals surface area (Å²) in [4.78, 5) is 39.9. The molecule has 0 unspecified atom stereocenters. The Morgan fingerprint density at radius 1 is 0.810 bits per heavy atom. The lowest BCUT2D eigenvalue weighted by atomic mass is 9.94. The summed E-state index contributed by atoms with van der Waals surface area (Å²) in [6.07, 6.45) is 2.38. The molecule has 3 aromatic carbocycles. The minimum Gasteiger partial charge on any atom is -0.490 e. The molecule has 0 radical (unpaired) electrons. The van der Waals surface area contributed by atoms with Gasteiger partial charge in [0.2, 0.25) is 0 Å². The molecule has 0 aliphatic carbocycles. The smallest absolute Gasteiger partial charge is 0.265 e. The fraction of sp³-hybridized carbons (Fsp3) is 0.429. The summed E-state index contributed by atoms with van der Waals surface area (Å²) in [5.41, 5.74) is 6.83. The van der Waals surface area contributed by atoms with E-state index in [1.807, 2.05) is 19.1 Å². The summed E-state index contributed by atoms with van der Waals surface area (Å²) in [6.45, 7) is 8.83. The van der Waals surface area contributed by atoms with Crippen molar-refractivity contribution in [3.63, 3.8) is 0 Å². The largest absolute Gasteiger partial charge is 0.490 e. The first kappa shape index (κ1) is 45.8. The number of nitrogens with one attached hydrogen (secondary N) is 3. The highest BCUT2D eigenvalue weighted by molar-refractivity contribution is 6.12. The van der Waals surface area contributed by atoms with Gasteiger partial charge in [0.1, 0.15) is 12.4 Å². The number of halogens is 1. The van der Waals surface area contributed by atoms with Gasteiger partial charge >= 0.3 is 0 Å². The van der Waals surface area contributed by atoms with E-state index in [0.29, 0.717) is 119 Å². The Kier molecular flexibility index (Phi) is 19.6. The summed E-state index contributed by atoms with van der Waals surface area (Å²) in [7, 11) is 0. The molecule has 1 aromatic heterocycles. The molecule has 58 heavy (non-hydrogen) atoms. The molecule has 312 valence electrons. The Morgan fingerprint density at radius 3 is 2.05 bits per heavy atom. The lowest BCUT2D eigenvalue weighted by molar-refractivity contribution is -0.0146. The van der Waals surface area contributed by atoms with Crippen molar-refractivity contribution in [3.05, 3.63) is 94.2 Å². The van der Waals surface area contributed by atoms with Crippen molar-refractivity contribution >= 4 is 40.9 Å². The number of carbonyl (C=O) groups is 3. The van der Waals surface area contributed by atoms with Crippen molar-refractivity contribution in [1.82, 2.24) is 25.9 Å². The van der Waals surface area contributed by atoms with Crippen LogP contribution in [0.1, 0.15) is 61.1 Å². The molecule has 5 rings (SSSR count). The molecule has 1 atom stereocenters. The van der Waals surface area contributed by atoms with Gasteiger partial charge in [0.25, 0.3) is 11.8 Å². The van der Waals surface area contributed by atoms with Crippen LogP contribution in [0.15, 0.2) is 60.8 Å². The van der Waals surface area contributed by atoms with Gasteiger partial charge in [0.05, 0.1) is 90.0 Å². The van der Waals surface area contributed by atoms with Crippen LogP contribution in [0.4, 0.5) is 0 Å². The zero-order chi connectivity index (χ0) is 40.2. The monoisotopic (exact) mass is 821 g/mol. The SMILES string of the molecule is CC#Cc1ccc(OCCOCCOCCOCCOCCOCCO)c(C(=O)c2ccc(C(=O)NN3CC[C@@H](NC(=O)c4ccc5cn[nH]c5c4)C3)cc2)c1C.Cl. The number of amides is 2. The van der Waals surface area contributed by atoms with E-state index in [-0.39, 0.29) is 49.3 Å². The standard InChI is InChI=1S/C42H51N5O10.ClH/c1-3-4-31-11-12-38(57-26-25-56-24-23-55-22-21-54-20-19-53-18-17-52-16-15-48)39(30(31)2)40(49)32-5-7-33(8-6-32)42(51)46-47-14-13-36(29-47)44-41(50)34-9-10-35-28-43-45-37(35)27-34;/h5-12,27-28,36,48H,13-26,29H2,1-2H3,(H,43,45)(H,44,50)(H,46,51);1H/t36-;/m1./s1. The quantitative estimate of drug-likeness (QED) is 0.0460. The molecule has 2 heterocycles. The van der Waals surface area contributed by atoms with Gasteiger partial charge in [-0.25, -0.2) is 5.01 Å². The van der Waals surface area contributed by atoms with E-state index in [9.17, 15) is 14.4 Å². The van der Waals surface area contributed by atoms with Crippen molar-refractivity contribution in [2.45, 2.75) is 26.3 Å². The van der Waals surface area contributed by atoms with Gasteiger partial charge in [-0.2, -0.15) is 5.10 Å². The fourth-order valence-electron chi connectivity index (χ4n) is 6.07. The Balaban J connectivity index is 0.00000744. The number of hydrogen-bond acceptors (Lipinski definition) is 12. The van der Waals surface area contributed by atoms with Gasteiger partial charge in [0.15, 0.2) is 5.78 Å². The van der Waals surface area contributed by atoms with Crippen LogP contribution in [-0.2, 0) is 23.7 Å². The second-order valence-corrected chi connectivity index (χ2v) is 13.0. The van der Waals surface area contributed by atoms with Gasteiger partial charge in [-0.1, -0.05) is 24.1 Å². The molecule has 1 fully saturated rings. The van der Waals surface area contributed by atoms with Gasteiger partial charge in [-0.05, 0) is 62.2 Å². The molecule has 0 spiro atoms. The van der Waals surface area contributed by atoms with E-state index in [1.165, 1.54) is 0 Å². The fourth-order valence-corrected chi connectivity index (χ4v) is 6.07. The normalized spacial score (nSPS) is 13.7. The molecule has 1 saturated heterocycles. The maximum absolute atomic E-state index is 13.9. The molecule has 1 aliphatic rings. The third kappa shape index (κ3) is 13.9. The molecule has 1 aliphatic heterocycles. The first-order valence-corrected chi connectivity index (χ1v) is 19.0. The Labute approximate surface area is 344 Å². The Morgan fingerprint density at radius 2 is 1.41 bits per heavy atom. The van der Waals surface area contributed by atoms with Crippen molar-refractivity contribution in [2.24, 2.45) is 0 Å². The van der Waals surface area contributed by atoms with E-state index >= 15 is 0 Å². The number of hydrogen-bond donors (Lipinski definition) is 4. The van der Waals surface area contributed by atoms with Gasteiger partial charge in [-0.15, -0.1) is 18.3 Å². The number of ketones is 1. The summed E-state index contributed by atoms with van der Waals surface area (Å²) in [5.74, 6) is 5.61. The number of fused-ring (bicyclic) bond motifs is 1. The number of benzene rings is 3. The number of carbonyl (C=O) groups excluding carboxylic acids is 3. The van der Waals surface area contributed by atoms with Gasteiger partial charge in [0, 0.05) is 46.8 Å². The van der Waals surface area contributed by atoms with Crippen LogP contribution in [-0.4, -0.2) is 136 Å². The summed E-state index contributed by atoms with van der Waals surface area (Å²) < 4.78 is 33.2. The second-order valence-electron chi connectivity index (χ2n) is 13.0. The number of aliphatic hydroxyl groups is 1. The van der Waals surface area contributed by atoms with Crippen molar-refractivity contribution < 1.29 is 47.9 Å². The summed E-state index contributed by atoms with van der Waals surface area (Å²) in [5, 5.41) is 21.3. The molecular formula is C42H52ClN5O10. The first-order chi connectivity index (χ1) is 27.9. The maximum Gasteiger partial charge on any atom is 0.265 e. The predicted molar refractivity (Wildman–Crippen MR) is 219 cm³/mol. The number of nitrogens with zero attached hydrogens (tertiary/aromatic N) is 2. The van der Waals surface area contributed by atoms with Gasteiger partial charge < -0.3 is 38.8 Å². The van der Waals surface area contributed by atoms with E-state index in [2.05, 4.69) is 32.8 Å². The van der Waals surface area contributed by atoms with E-state index in [0.717, 1.165) is 16.5 Å². The predicted octanol–water partition coefficient (Wildman–Crippen LogP) is 3.50. The second kappa shape index (κ2) is 24.8. The Bertz CT molecular complexity index is 1980. The Hall–Kier alpha value is -4.89. The van der Waals surface area contributed by atoms with Gasteiger partial charge in [-0.3, -0.25) is 24.9 Å². The highest BCUT2D eigenvalue weighted by Gasteiger charge is 2.26. The topological polar surface area (TPSA) is 183 Å². The van der Waals surface area contributed by atoms with Crippen LogP contribution in [0.2, 0.25) is 0 Å². The number of H-pyrrole nitrogens is 1. The van der Waals surface area contributed by atoms with Crippen LogP contribution in [0.3, 0.4) is 0 Å². The lowest BCUT2D eigenvalue weighted by Gasteiger charge is -2.18. The number of aromatic amines is 1. The highest BCUT2D eigenvalue weighted by atomic mass is 35.5.